The first-order valence-corrected chi connectivity index (χ1v) is 5.83. The fraction of sp³-hybridized carbons (Fsp3) is 0.429. The van der Waals surface area contributed by atoms with Gasteiger partial charge in [0.2, 0.25) is 5.91 Å². The van der Waals surface area contributed by atoms with Gasteiger partial charge in [0.1, 0.15) is 12.2 Å². The Bertz CT molecular complexity index is 463. The number of carbonyl (C=O) groups is 1. The average Bonchev–Trinajstić information content (AvgIpc) is 2.36. The van der Waals surface area contributed by atoms with E-state index in [0.717, 1.165) is 23.3 Å². The highest BCUT2D eigenvalue weighted by atomic mass is 16.5. The van der Waals surface area contributed by atoms with Crippen LogP contribution < -0.4 is 4.74 Å². The molecule has 0 bridgehead atoms. The molecule has 18 heavy (non-hydrogen) atoms. The lowest BCUT2D eigenvalue weighted by Gasteiger charge is -2.16. The Kier molecular flexibility index (Phi) is 5.19. The van der Waals surface area contributed by atoms with Crippen LogP contribution in [0.25, 0.3) is 0 Å². The summed E-state index contributed by atoms with van der Waals surface area (Å²) in [5.74, 6) is 0.732. The van der Waals surface area contributed by atoms with Gasteiger partial charge in [0.15, 0.2) is 0 Å². The third-order valence-electron chi connectivity index (χ3n) is 2.85. The number of ether oxygens (including phenoxy) is 1. The van der Waals surface area contributed by atoms with E-state index in [1.807, 2.05) is 25.1 Å². The van der Waals surface area contributed by atoms with Crippen LogP contribution in [0.3, 0.4) is 0 Å². The van der Waals surface area contributed by atoms with E-state index in [1.54, 1.807) is 19.1 Å². The molecular weight excluding hydrogens is 228 g/mol. The summed E-state index contributed by atoms with van der Waals surface area (Å²) in [5.41, 5.74) is 2.24. The summed E-state index contributed by atoms with van der Waals surface area (Å²) >= 11 is 0. The van der Waals surface area contributed by atoms with E-state index in [9.17, 15) is 4.79 Å². The fourth-order valence-electron chi connectivity index (χ4n) is 1.72. The van der Waals surface area contributed by atoms with Crippen LogP contribution in [0.5, 0.6) is 5.75 Å². The van der Waals surface area contributed by atoms with Crippen molar-refractivity contribution in [3.8, 4) is 11.8 Å². The lowest BCUT2D eigenvalue weighted by Crippen LogP contribution is -2.28. The van der Waals surface area contributed by atoms with Crippen LogP contribution in [0.4, 0.5) is 0 Å². The molecule has 0 radical (unpaired) electrons. The molecular formula is C14H18N2O2. The molecule has 0 aromatic heterocycles. The molecule has 1 aromatic rings. The lowest BCUT2D eigenvalue weighted by atomic mass is 10.1. The number of carbonyl (C=O) groups excluding carboxylic acids is 1. The molecule has 0 saturated carbocycles. The van der Waals surface area contributed by atoms with Crippen LogP contribution >= 0.6 is 0 Å². The van der Waals surface area contributed by atoms with Gasteiger partial charge in [0.25, 0.3) is 0 Å². The van der Waals surface area contributed by atoms with Gasteiger partial charge in [-0.15, -0.1) is 0 Å². The largest absolute Gasteiger partial charge is 0.496 e. The minimum absolute atomic E-state index is 0.0574. The first kappa shape index (κ1) is 14.0. The maximum Gasteiger partial charge on any atom is 0.236 e. The van der Waals surface area contributed by atoms with Crippen molar-refractivity contribution in [2.45, 2.75) is 19.8 Å². The second kappa shape index (κ2) is 6.65. The molecule has 1 amide bonds. The van der Waals surface area contributed by atoms with Crippen molar-refractivity contribution in [2.75, 3.05) is 20.7 Å². The summed E-state index contributed by atoms with van der Waals surface area (Å²) in [5, 5.41) is 8.45. The minimum Gasteiger partial charge on any atom is -0.496 e. The normalized spacial score (nSPS) is 9.67. The third-order valence-corrected chi connectivity index (χ3v) is 2.85. The van der Waals surface area contributed by atoms with Crippen LogP contribution in [-0.4, -0.2) is 31.5 Å². The predicted octanol–water partition coefficient (Wildman–Crippen LogP) is 1.92. The van der Waals surface area contributed by atoms with Crippen LogP contribution in [0, 0.1) is 18.3 Å². The van der Waals surface area contributed by atoms with Crippen molar-refractivity contribution in [1.29, 1.82) is 5.26 Å². The standard InChI is InChI=1S/C14H18N2O2/c1-11-10-12(4-5-13(11)18-3)7-9-16(2)14(17)6-8-15/h4-5,10H,6-7,9H2,1-3H3. The van der Waals surface area contributed by atoms with Gasteiger partial charge in [0, 0.05) is 13.6 Å². The van der Waals surface area contributed by atoms with Crippen molar-refractivity contribution in [2.24, 2.45) is 0 Å². The third kappa shape index (κ3) is 3.77. The van der Waals surface area contributed by atoms with Crippen LogP contribution in [0.15, 0.2) is 18.2 Å². The van der Waals surface area contributed by atoms with E-state index in [2.05, 4.69) is 6.07 Å². The highest BCUT2D eigenvalue weighted by molar-refractivity contribution is 5.77. The van der Waals surface area contributed by atoms with Gasteiger partial charge in [-0.1, -0.05) is 12.1 Å². The summed E-state index contributed by atoms with van der Waals surface area (Å²) in [4.78, 5) is 13.0. The summed E-state index contributed by atoms with van der Waals surface area (Å²) < 4.78 is 5.20. The summed E-state index contributed by atoms with van der Waals surface area (Å²) in [7, 11) is 3.37. The molecule has 0 spiro atoms. The Hall–Kier alpha value is -2.02. The number of nitriles is 1. The number of aryl methyl sites for hydroxylation is 1. The monoisotopic (exact) mass is 246 g/mol. The Morgan fingerprint density at radius 3 is 2.78 bits per heavy atom. The molecule has 0 aliphatic carbocycles. The molecule has 0 aliphatic rings. The Morgan fingerprint density at radius 1 is 1.50 bits per heavy atom. The van der Waals surface area contributed by atoms with Crippen LogP contribution in [0.2, 0.25) is 0 Å². The van der Waals surface area contributed by atoms with Crippen molar-refractivity contribution in [1.82, 2.24) is 4.90 Å². The minimum atomic E-state index is -0.136. The molecule has 96 valence electrons. The number of likely N-dealkylation sites (N-methyl/N-ethyl adjacent to an activating group) is 1. The number of methoxy groups -OCH3 is 1. The fourth-order valence-corrected chi connectivity index (χ4v) is 1.72. The highest BCUT2D eigenvalue weighted by Gasteiger charge is 2.08. The first-order valence-electron chi connectivity index (χ1n) is 5.83. The van der Waals surface area contributed by atoms with Gasteiger partial charge < -0.3 is 9.64 Å². The number of rotatable bonds is 5. The molecule has 1 rings (SSSR count). The zero-order chi connectivity index (χ0) is 13.5. The topological polar surface area (TPSA) is 53.3 Å². The highest BCUT2D eigenvalue weighted by Crippen LogP contribution is 2.18. The SMILES string of the molecule is COc1ccc(CCN(C)C(=O)CC#N)cc1C. The first-order chi connectivity index (χ1) is 8.58. The summed E-state index contributed by atoms with van der Waals surface area (Å²) in [6.07, 6.45) is 0.719. The van der Waals surface area contributed by atoms with Crippen molar-refractivity contribution in [3.63, 3.8) is 0 Å². The summed E-state index contributed by atoms with van der Waals surface area (Å²) in [6.45, 7) is 2.61. The average molecular weight is 246 g/mol. The van der Waals surface area contributed by atoms with Gasteiger partial charge in [-0.05, 0) is 30.5 Å². The van der Waals surface area contributed by atoms with E-state index < -0.39 is 0 Å². The molecule has 0 saturated heterocycles. The van der Waals surface area contributed by atoms with Gasteiger partial charge >= 0.3 is 0 Å². The van der Waals surface area contributed by atoms with Gasteiger partial charge in [0.05, 0.1) is 13.2 Å². The molecule has 1 aromatic carbocycles. The van der Waals surface area contributed by atoms with Crippen LogP contribution in [0.1, 0.15) is 17.5 Å². The Balaban J connectivity index is 2.56. The van der Waals surface area contributed by atoms with Gasteiger partial charge in [-0.25, -0.2) is 0 Å². The quantitative estimate of drug-likeness (QED) is 0.797. The maximum atomic E-state index is 11.4. The Labute approximate surface area is 108 Å². The number of amides is 1. The molecule has 0 heterocycles. The van der Waals surface area contributed by atoms with E-state index in [0.29, 0.717) is 6.54 Å². The summed E-state index contributed by atoms with van der Waals surface area (Å²) in [6, 6.07) is 7.85. The van der Waals surface area contributed by atoms with Crippen molar-refractivity contribution >= 4 is 5.91 Å². The molecule has 0 atom stereocenters. The molecule has 0 N–H and O–H groups in total. The molecule has 4 heteroatoms. The molecule has 0 aliphatic heterocycles. The predicted molar refractivity (Wildman–Crippen MR) is 69.3 cm³/mol. The second-order valence-corrected chi connectivity index (χ2v) is 4.20. The van der Waals surface area contributed by atoms with E-state index in [4.69, 9.17) is 10.00 Å². The zero-order valence-corrected chi connectivity index (χ0v) is 11.1. The number of hydrogen-bond donors (Lipinski definition) is 0. The number of nitrogens with zero attached hydrogens (tertiary/aromatic N) is 2. The molecule has 0 fully saturated rings. The van der Waals surface area contributed by atoms with E-state index in [-0.39, 0.29) is 12.3 Å². The maximum absolute atomic E-state index is 11.4. The van der Waals surface area contributed by atoms with Crippen molar-refractivity contribution < 1.29 is 9.53 Å². The molecule has 4 nitrogen and oxygen atoms in total. The zero-order valence-electron chi connectivity index (χ0n) is 11.1. The number of benzene rings is 1. The lowest BCUT2D eigenvalue weighted by molar-refractivity contribution is -0.128. The van der Waals surface area contributed by atoms with E-state index in [1.165, 1.54) is 0 Å². The van der Waals surface area contributed by atoms with Gasteiger partial charge in [-0.3, -0.25) is 4.79 Å². The number of hydrogen-bond acceptors (Lipinski definition) is 3. The molecule has 0 unspecified atom stereocenters. The smallest absolute Gasteiger partial charge is 0.236 e. The van der Waals surface area contributed by atoms with Gasteiger partial charge in [-0.2, -0.15) is 5.26 Å². The van der Waals surface area contributed by atoms with Crippen LogP contribution in [-0.2, 0) is 11.2 Å². The van der Waals surface area contributed by atoms with E-state index >= 15 is 0 Å². The van der Waals surface area contributed by atoms with Crippen molar-refractivity contribution in [3.05, 3.63) is 29.3 Å². The second-order valence-electron chi connectivity index (χ2n) is 4.20. The Morgan fingerprint density at radius 2 is 2.22 bits per heavy atom.